The molecule has 1 aliphatic rings. The van der Waals surface area contributed by atoms with Gasteiger partial charge in [0, 0.05) is 11.1 Å². The number of nitrogens with one attached hydrogen (secondary N) is 2. The SMILES string of the molecule is Cc1c(-c2ccccc2)nn2c1NC(=O)CC2C(=O)Nc1ccccc1C(F)(F)F. The van der Waals surface area contributed by atoms with Crippen molar-refractivity contribution in [3.8, 4) is 11.3 Å². The molecule has 2 aromatic carbocycles. The fourth-order valence-electron chi connectivity index (χ4n) is 3.47. The second-order valence-electron chi connectivity index (χ2n) is 6.93. The zero-order valence-electron chi connectivity index (χ0n) is 15.8. The molecule has 0 saturated heterocycles. The van der Waals surface area contributed by atoms with E-state index in [1.54, 1.807) is 6.92 Å². The Morgan fingerprint density at radius 2 is 1.80 bits per heavy atom. The van der Waals surface area contributed by atoms with E-state index in [1.165, 1.54) is 22.9 Å². The highest BCUT2D eigenvalue weighted by atomic mass is 19.4. The molecule has 2 amide bonds. The minimum atomic E-state index is -4.62. The van der Waals surface area contributed by atoms with Gasteiger partial charge in [-0.2, -0.15) is 18.3 Å². The molecule has 6 nitrogen and oxygen atoms in total. The number of hydrogen-bond donors (Lipinski definition) is 2. The van der Waals surface area contributed by atoms with Crippen molar-refractivity contribution in [1.29, 1.82) is 0 Å². The molecule has 1 aromatic heterocycles. The van der Waals surface area contributed by atoms with Crippen LogP contribution in [0, 0.1) is 6.92 Å². The zero-order valence-corrected chi connectivity index (χ0v) is 15.8. The summed E-state index contributed by atoms with van der Waals surface area (Å²) in [6, 6.07) is 12.8. The molecule has 0 spiro atoms. The van der Waals surface area contributed by atoms with Gasteiger partial charge in [0.2, 0.25) is 11.8 Å². The molecule has 0 radical (unpaired) electrons. The molecule has 1 atom stereocenters. The largest absolute Gasteiger partial charge is 0.418 e. The van der Waals surface area contributed by atoms with Crippen LogP contribution >= 0.6 is 0 Å². The van der Waals surface area contributed by atoms with Gasteiger partial charge in [-0.3, -0.25) is 9.59 Å². The van der Waals surface area contributed by atoms with Crippen LogP contribution in [0.15, 0.2) is 54.6 Å². The minimum absolute atomic E-state index is 0.234. The molecule has 4 rings (SSSR count). The summed E-state index contributed by atoms with van der Waals surface area (Å²) < 4.78 is 41.1. The van der Waals surface area contributed by atoms with Crippen LogP contribution in [-0.2, 0) is 15.8 Å². The van der Waals surface area contributed by atoms with E-state index in [4.69, 9.17) is 0 Å². The second kappa shape index (κ2) is 7.33. The third-order valence-electron chi connectivity index (χ3n) is 4.92. The first-order valence-electron chi connectivity index (χ1n) is 9.17. The molecule has 3 aromatic rings. The summed E-state index contributed by atoms with van der Waals surface area (Å²) >= 11 is 0. The van der Waals surface area contributed by atoms with Crippen LogP contribution in [0.3, 0.4) is 0 Å². The Bertz CT molecular complexity index is 1120. The van der Waals surface area contributed by atoms with E-state index < -0.39 is 29.6 Å². The van der Waals surface area contributed by atoms with E-state index in [-0.39, 0.29) is 12.1 Å². The summed E-state index contributed by atoms with van der Waals surface area (Å²) in [7, 11) is 0. The van der Waals surface area contributed by atoms with Gasteiger partial charge in [0.15, 0.2) is 0 Å². The van der Waals surface area contributed by atoms with E-state index in [1.807, 2.05) is 30.3 Å². The van der Waals surface area contributed by atoms with Crippen molar-refractivity contribution in [2.45, 2.75) is 25.6 Å². The molecule has 1 unspecified atom stereocenters. The normalized spacial score (nSPS) is 16.0. The summed E-state index contributed by atoms with van der Waals surface area (Å²) in [6.07, 6.45) is -4.86. The number of benzene rings is 2. The first-order valence-corrected chi connectivity index (χ1v) is 9.17. The maximum atomic E-state index is 13.3. The summed E-state index contributed by atoms with van der Waals surface area (Å²) in [6.45, 7) is 1.76. The lowest BCUT2D eigenvalue weighted by Crippen LogP contribution is -2.36. The lowest BCUT2D eigenvalue weighted by molar-refractivity contribution is -0.137. The number of carbonyl (C=O) groups is 2. The van der Waals surface area contributed by atoms with Gasteiger partial charge in [-0.15, -0.1) is 0 Å². The summed E-state index contributed by atoms with van der Waals surface area (Å²) in [5, 5.41) is 9.51. The molecule has 154 valence electrons. The number of aromatic nitrogens is 2. The van der Waals surface area contributed by atoms with Crippen LogP contribution < -0.4 is 10.6 Å². The van der Waals surface area contributed by atoms with Gasteiger partial charge in [0.1, 0.15) is 11.9 Å². The van der Waals surface area contributed by atoms with Crippen LogP contribution in [-0.4, -0.2) is 21.6 Å². The minimum Gasteiger partial charge on any atom is -0.324 e. The van der Waals surface area contributed by atoms with Gasteiger partial charge in [-0.25, -0.2) is 4.68 Å². The summed E-state index contributed by atoms with van der Waals surface area (Å²) in [5.74, 6) is -0.798. The maximum absolute atomic E-state index is 13.3. The number of anilines is 2. The molecule has 0 saturated carbocycles. The number of carbonyl (C=O) groups excluding carboxylic acids is 2. The Labute approximate surface area is 169 Å². The standard InChI is InChI=1S/C21H17F3N4O2/c1-12-18(13-7-3-2-4-8-13)27-28-16(11-17(29)26-19(12)28)20(30)25-15-10-6-5-9-14(15)21(22,23)24/h2-10,16H,11H2,1H3,(H,25,30)(H,26,29). The Kier molecular flexibility index (Phi) is 4.81. The number of rotatable bonds is 3. The first kappa shape index (κ1) is 19.7. The highest BCUT2D eigenvalue weighted by Gasteiger charge is 2.37. The van der Waals surface area contributed by atoms with Crippen LogP contribution in [0.25, 0.3) is 11.3 Å². The Hall–Kier alpha value is -3.62. The molecule has 9 heteroatoms. The average molecular weight is 414 g/mol. The fraction of sp³-hybridized carbons (Fsp3) is 0.190. The van der Waals surface area contributed by atoms with E-state index in [9.17, 15) is 22.8 Å². The third-order valence-corrected chi connectivity index (χ3v) is 4.92. The Morgan fingerprint density at radius 1 is 1.13 bits per heavy atom. The monoisotopic (exact) mass is 414 g/mol. The predicted octanol–water partition coefficient (Wildman–Crippen LogP) is 4.40. The molecule has 2 N–H and O–H groups in total. The first-order chi connectivity index (χ1) is 14.3. The number of fused-ring (bicyclic) bond motifs is 1. The van der Waals surface area contributed by atoms with Crippen molar-refractivity contribution in [3.63, 3.8) is 0 Å². The molecule has 1 aliphatic heterocycles. The molecule has 0 aliphatic carbocycles. The van der Waals surface area contributed by atoms with Crippen LogP contribution in [0.1, 0.15) is 23.6 Å². The van der Waals surface area contributed by atoms with Gasteiger partial charge in [-0.1, -0.05) is 42.5 Å². The highest BCUT2D eigenvalue weighted by Crippen LogP contribution is 2.37. The van der Waals surface area contributed by atoms with Crippen molar-refractivity contribution in [2.24, 2.45) is 0 Å². The van der Waals surface area contributed by atoms with E-state index in [2.05, 4.69) is 15.7 Å². The summed E-state index contributed by atoms with van der Waals surface area (Å²) in [5.41, 5.74) is 0.729. The van der Waals surface area contributed by atoms with Crippen LogP contribution in [0.5, 0.6) is 0 Å². The smallest absolute Gasteiger partial charge is 0.324 e. The number of amides is 2. The van der Waals surface area contributed by atoms with E-state index in [0.717, 1.165) is 11.6 Å². The van der Waals surface area contributed by atoms with Gasteiger partial charge >= 0.3 is 6.18 Å². The van der Waals surface area contributed by atoms with Gasteiger partial charge in [0.05, 0.1) is 23.4 Å². The van der Waals surface area contributed by atoms with Gasteiger partial charge in [0.25, 0.3) is 0 Å². The highest BCUT2D eigenvalue weighted by molar-refractivity contribution is 6.02. The third kappa shape index (κ3) is 3.54. The van der Waals surface area contributed by atoms with E-state index in [0.29, 0.717) is 17.1 Å². The van der Waals surface area contributed by atoms with Gasteiger partial charge in [-0.05, 0) is 19.1 Å². The molecular weight excluding hydrogens is 397 g/mol. The number of halogens is 3. The molecule has 30 heavy (non-hydrogen) atoms. The molecule has 0 bridgehead atoms. The Morgan fingerprint density at radius 3 is 2.50 bits per heavy atom. The van der Waals surface area contributed by atoms with Crippen molar-refractivity contribution in [1.82, 2.24) is 9.78 Å². The molecular formula is C21H17F3N4O2. The van der Waals surface area contributed by atoms with Gasteiger partial charge < -0.3 is 10.6 Å². The average Bonchev–Trinajstić information content (AvgIpc) is 3.04. The predicted molar refractivity (Wildman–Crippen MR) is 105 cm³/mol. The quantitative estimate of drug-likeness (QED) is 0.667. The fourth-order valence-corrected chi connectivity index (χ4v) is 3.47. The van der Waals surface area contributed by atoms with Crippen LogP contribution in [0.4, 0.5) is 24.7 Å². The molecule has 2 heterocycles. The number of nitrogens with zero attached hydrogens (tertiary/aromatic N) is 2. The van der Waals surface area contributed by atoms with Crippen LogP contribution in [0.2, 0.25) is 0 Å². The number of hydrogen-bond acceptors (Lipinski definition) is 3. The van der Waals surface area contributed by atoms with Crippen molar-refractivity contribution in [3.05, 3.63) is 65.7 Å². The maximum Gasteiger partial charge on any atom is 0.418 e. The Balaban J connectivity index is 1.71. The van der Waals surface area contributed by atoms with Crippen molar-refractivity contribution in [2.75, 3.05) is 10.6 Å². The van der Waals surface area contributed by atoms with Crippen molar-refractivity contribution < 1.29 is 22.8 Å². The zero-order chi connectivity index (χ0) is 21.5. The second-order valence-corrected chi connectivity index (χ2v) is 6.93. The molecule has 0 fully saturated rings. The number of para-hydroxylation sites is 1. The van der Waals surface area contributed by atoms with E-state index >= 15 is 0 Å². The van der Waals surface area contributed by atoms with Crippen molar-refractivity contribution >= 4 is 23.3 Å². The number of alkyl halides is 3. The topological polar surface area (TPSA) is 76.0 Å². The summed E-state index contributed by atoms with van der Waals surface area (Å²) in [4.78, 5) is 25.1. The lowest BCUT2D eigenvalue weighted by Gasteiger charge is -2.24. The lowest BCUT2D eigenvalue weighted by atomic mass is 10.1.